The molecule has 0 saturated heterocycles. The Kier molecular flexibility index (Phi) is 7.95. The van der Waals surface area contributed by atoms with E-state index in [1.54, 1.807) is 13.2 Å². The lowest BCUT2D eigenvalue weighted by Gasteiger charge is -2.24. The SMILES string of the molecule is COc1cc(Cl)c(C)cc1NC(=O)C(C)N(C)CCCOc1ccccc1. The molecule has 2 aromatic carbocycles. The summed E-state index contributed by atoms with van der Waals surface area (Å²) in [6.07, 6.45) is 0.826. The average molecular weight is 391 g/mol. The smallest absolute Gasteiger partial charge is 0.241 e. The maximum atomic E-state index is 12.6. The van der Waals surface area contributed by atoms with E-state index in [1.165, 1.54) is 0 Å². The molecule has 0 aliphatic carbocycles. The Morgan fingerprint density at radius 1 is 1.26 bits per heavy atom. The van der Waals surface area contributed by atoms with E-state index < -0.39 is 0 Å². The van der Waals surface area contributed by atoms with Crippen LogP contribution in [0.3, 0.4) is 0 Å². The van der Waals surface area contributed by atoms with Gasteiger partial charge in [0.1, 0.15) is 11.5 Å². The fraction of sp³-hybridized carbons (Fsp3) is 0.381. The summed E-state index contributed by atoms with van der Waals surface area (Å²) in [6.45, 7) is 5.12. The quantitative estimate of drug-likeness (QED) is 0.645. The highest BCUT2D eigenvalue weighted by molar-refractivity contribution is 6.31. The first kappa shape index (κ1) is 21.1. The minimum absolute atomic E-state index is 0.0958. The number of amides is 1. The van der Waals surface area contributed by atoms with Crippen LogP contribution in [0.15, 0.2) is 42.5 Å². The van der Waals surface area contributed by atoms with Gasteiger partial charge in [-0.1, -0.05) is 29.8 Å². The summed E-state index contributed by atoms with van der Waals surface area (Å²) in [5.41, 5.74) is 1.50. The lowest BCUT2D eigenvalue weighted by molar-refractivity contribution is -0.120. The molecule has 0 aromatic heterocycles. The summed E-state index contributed by atoms with van der Waals surface area (Å²) in [7, 11) is 3.48. The number of carbonyl (C=O) groups excluding carboxylic acids is 1. The number of methoxy groups -OCH3 is 1. The molecular weight excluding hydrogens is 364 g/mol. The van der Waals surface area contributed by atoms with Crippen LogP contribution in [0.4, 0.5) is 5.69 Å². The molecule has 1 N–H and O–H groups in total. The van der Waals surface area contributed by atoms with E-state index in [9.17, 15) is 4.79 Å². The molecule has 1 unspecified atom stereocenters. The molecule has 0 aliphatic heterocycles. The highest BCUT2D eigenvalue weighted by Crippen LogP contribution is 2.31. The molecule has 0 fully saturated rings. The fourth-order valence-corrected chi connectivity index (χ4v) is 2.74. The van der Waals surface area contributed by atoms with E-state index in [-0.39, 0.29) is 11.9 Å². The molecule has 0 spiro atoms. The van der Waals surface area contributed by atoms with Crippen LogP contribution in [0.25, 0.3) is 0 Å². The van der Waals surface area contributed by atoms with Crippen LogP contribution in [0.1, 0.15) is 18.9 Å². The van der Waals surface area contributed by atoms with Gasteiger partial charge in [0.15, 0.2) is 0 Å². The first-order chi connectivity index (χ1) is 12.9. The van der Waals surface area contributed by atoms with Gasteiger partial charge in [0.25, 0.3) is 0 Å². The third-order valence-corrected chi connectivity index (χ3v) is 4.85. The van der Waals surface area contributed by atoms with Crippen molar-refractivity contribution in [1.82, 2.24) is 4.90 Å². The molecule has 27 heavy (non-hydrogen) atoms. The maximum Gasteiger partial charge on any atom is 0.241 e. The number of carbonyl (C=O) groups is 1. The van der Waals surface area contributed by atoms with Crippen LogP contribution < -0.4 is 14.8 Å². The number of ether oxygens (including phenoxy) is 2. The second-order valence-corrected chi connectivity index (χ2v) is 6.87. The predicted molar refractivity (Wildman–Crippen MR) is 110 cm³/mol. The monoisotopic (exact) mass is 390 g/mol. The molecule has 0 bridgehead atoms. The first-order valence-corrected chi connectivity index (χ1v) is 9.33. The summed E-state index contributed by atoms with van der Waals surface area (Å²) < 4.78 is 11.0. The number of nitrogens with one attached hydrogen (secondary N) is 1. The predicted octanol–water partition coefficient (Wildman–Crippen LogP) is 4.38. The van der Waals surface area contributed by atoms with Gasteiger partial charge in [-0.15, -0.1) is 0 Å². The first-order valence-electron chi connectivity index (χ1n) is 8.95. The van der Waals surface area contributed by atoms with Gasteiger partial charge in [0, 0.05) is 17.6 Å². The van der Waals surface area contributed by atoms with Gasteiger partial charge in [-0.25, -0.2) is 0 Å². The molecule has 1 atom stereocenters. The highest BCUT2D eigenvalue weighted by Gasteiger charge is 2.19. The Hall–Kier alpha value is -2.24. The minimum Gasteiger partial charge on any atom is -0.495 e. The van der Waals surface area contributed by atoms with Gasteiger partial charge >= 0.3 is 0 Å². The van der Waals surface area contributed by atoms with E-state index >= 15 is 0 Å². The number of nitrogens with zero attached hydrogens (tertiary/aromatic N) is 1. The summed E-state index contributed by atoms with van der Waals surface area (Å²) in [5.74, 6) is 1.31. The van der Waals surface area contributed by atoms with E-state index in [0.29, 0.717) is 23.1 Å². The third-order valence-electron chi connectivity index (χ3n) is 4.45. The van der Waals surface area contributed by atoms with Crippen molar-refractivity contribution in [2.45, 2.75) is 26.3 Å². The van der Waals surface area contributed by atoms with Crippen LogP contribution in [0.2, 0.25) is 5.02 Å². The van der Waals surface area contributed by atoms with E-state index in [0.717, 1.165) is 24.3 Å². The summed E-state index contributed by atoms with van der Waals surface area (Å²) in [5, 5.41) is 3.54. The van der Waals surface area contributed by atoms with Crippen molar-refractivity contribution < 1.29 is 14.3 Å². The second kappa shape index (κ2) is 10.2. The van der Waals surface area contributed by atoms with Gasteiger partial charge in [0.2, 0.25) is 5.91 Å². The number of aryl methyl sites for hydroxylation is 1. The number of likely N-dealkylation sites (N-methyl/N-ethyl adjacent to an activating group) is 1. The van der Waals surface area contributed by atoms with Gasteiger partial charge in [-0.3, -0.25) is 9.69 Å². The molecule has 0 aliphatic rings. The molecule has 5 nitrogen and oxygen atoms in total. The van der Waals surface area contributed by atoms with Crippen molar-refractivity contribution in [2.24, 2.45) is 0 Å². The largest absolute Gasteiger partial charge is 0.495 e. The molecule has 0 heterocycles. The number of halogens is 1. The molecule has 2 aromatic rings. The molecule has 0 saturated carbocycles. The normalized spacial score (nSPS) is 11.9. The van der Waals surface area contributed by atoms with Crippen molar-refractivity contribution in [3.05, 3.63) is 53.1 Å². The minimum atomic E-state index is -0.289. The molecular formula is C21H27ClN2O3. The number of anilines is 1. The van der Waals surface area contributed by atoms with Crippen LogP contribution in [-0.2, 0) is 4.79 Å². The van der Waals surface area contributed by atoms with E-state index in [4.69, 9.17) is 21.1 Å². The Morgan fingerprint density at radius 3 is 2.63 bits per heavy atom. The lowest BCUT2D eigenvalue weighted by atomic mass is 10.2. The molecule has 6 heteroatoms. The molecule has 2 rings (SSSR count). The van der Waals surface area contributed by atoms with Crippen molar-refractivity contribution >= 4 is 23.2 Å². The third kappa shape index (κ3) is 6.15. The fourth-order valence-electron chi connectivity index (χ4n) is 2.58. The van der Waals surface area contributed by atoms with Crippen LogP contribution in [0, 0.1) is 6.92 Å². The zero-order valence-electron chi connectivity index (χ0n) is 16.3. The standard InChI is InChI=1S/C21H27ClN2O3/c1-15-13-19(20(26-4)14-18(15)22)23-21(25)16(2)24(3)11-8-12-27-17-9-6-5-7-10-17/h5-7,9-10,13-14,16H,8,11-12H2,1-4H3,(H,23,25). The summed E-state index contributed by atoms with van der Waals surface area (Å²) in [4.78, 5) is 14.6. The Balaban J connectivity index is 1.84. The van der Waals surface area contributed by atoms with Gasteiger partial charge in [-0.2, -0.15) is 0 Å². The van der Waals surface area contributed by atoms with Crippen molar-refractivity contribution in [1.29, 1.82) is 0 Å². The number of rotatable bonds is 9. The topological polar surface area (TPSA) is 50.8 Å². The van der Waals surface area contributed by atoms with Crippen LogP contribution in [-0.4, -0.2) is 44.2 Å². The summed E-state index contributed by atoms with van der Waals surface area (Å²) >= 11 is 6.12. The number of hydrogen-bond acceptors (Lipinski definition) is 4. The van der Waals surface area contributed by atoms with Gasteiger partial charge in [0.05, 0.1) is 25.4 Å². The Labute approximate surface area is 166 Å². The second-order valence-electron chi connectivity index (χ2n) is 6.46. The molecule has 1 amide bonds. The average Bonchev–Trinajstić information content (AvgIpc) is 2.67. The van der Waals surface area contributed by atoms with Crippen molar-refractivity contribution in [2.75, 3.05) is 32.6 Å². The van der Waals surface area contributed by atoms with E-state index in [2.05, 4.69) is 5.32 Å². The van der Waals surface area contributed by atoms with Crippen LogP contribution >= 0.6 is 11.6 Å². The van der Waals surface area contributed by atoms with Crippen molar-refractivity contribution in [3.8, 4) is 11.5 Å². The van der Waals surface area contributed by atoms with Crippen LogP contribution in [0.5, 0.6) is 11.5 Å². The maximum absolute atomic E-state index is 12.6. The zero-order chi connectivity index (χ0) is 19.8. The number of hydrogen-bond donors (Lipinski definition) is 1. The Bertz CT molecular complexity index is 753. The molecule has 146 valence electrons. The van der Waals surface area contributed by atoms with Gasteiger partial charge in [-0.05, 0) is 51.1 Å². The zero-order valence-corrected chi connectivity index (χ0v) is 17.0. The summed E-state index contributed by atoms with van der Waals surface area (Å²) in [6, 6.07) is 12.9. The lowest BCUT2D eigenvalue weighted by Crippen LogP contribution is -2.40. The highest BCUT2D eigenvalue weighted by atomic mass is 35.5. The number of benzene rings is 2. The van der Waals surface area contributed by atoms with Crippen molar-refractivity contribution in [3.63, 3.8) is 0 Å². The number of para-hydroxylation sites is 1. The Morgan fingerprint density at radius 2 is 1.96 bits per heavy atom. The van der Waals surface area contributed by atoms with Gasteiger partial charge < -0.3 is 14.8 Å². The van der Waals surface area contributed by atoms with E-state index in [1.807, 2.05) is 62.2 Å². The molecule has 0 radical (unpaired) electrons.